The van der Waals surface area contributed by atoms with E-state index in [0.717, 1.165) is 25.1 Å². The molecule has 1 N–H and O–H groups in total. The van der Waals surface area contributed by atoms with Gasteiger partial charge < -0.3 is 5.32 Å². The highest BCUT2D eigenvalue weighted by atomic mass is 16.1. The van der Waals surface area contributed by atoms with E-state index in [9.17, 15) is 4.79 Å². The monoisotopic (exact) mass is 230 g/mol. The van der Waals surface area contributed by atoms with Crippen molar-refractivity contribution in [2.75, 3.05) is 6.54 Å². The minimum atomic E-state index is 0.479. The molecule has 2 aromatic heterocycles. The minimum Gasteiger partial charge on any atom is -0.314 e. The highest BCUT2D eigenvalue weighted by Crippen LogP contribution is 2.12. The molecule has 0 saturated carbocycles. The zero-order valence-corrected chi connectivity index (χ0v) is 9.47. The van der Waals surface area contributed by atoms with Crippen molar-refractivity contribution in [1.29, 1.82) is 0 Å². The molecule has 1 saturated heterocycles. The Morgan fingerprint density at radius 1 is 1.59 bits per heavy atom. The van der Waals surface area contributed by atoms with Crippen molar-refractivity contribution in [3.8, 4) is 0 Å². The van der Waals surface area contributed by atoms with Gasteiger partial charge in [0.05, 0.1) is 5.56 Å². The van der Waals surface area contributed by atoms with E-state index in [1.807, 2.05) is 12.3 Å². The summed E-state index contributed by atoms with van der Waals surface area (Å²) in [5, 5.41) is 7.81. The lowest BCUT2D eigenvalue weighted by molar-refractivity contribution is 0.112. The first-order valence-corrected chi connectivity index (χ1v) is 5.89. The molecule has 0 bridgehead atoms. The van der Waals surface area contributed by atoms with E-state index in [0.29, 0.717) is 17.3 Å². The number of pyridine rings is 1. The van der Waals surface area contributed by atoms with E-state index in [1.165, 1.54) is 12.8 Å². The van der Waals surface area contributed by atoms with E-state index < -0.39 is 0 Å². The number of aromatic nitrogens is 3. The lowest BCUT2D eigenvalue weighted by Gasteiger charge is -2.05. The van der Waals surface area contributed by atoms with Gasteiger partial charge in [-0.1, -0.05) is 0 Å². The van der Waals surface area contributed by atoms with Gasteiger partial charge in [0.25, 0.3) is 0 Å². The molecule has 5 heteroatoms. The Labute approximate surface area is 98.9 Å². The Kier molecular flexibility index (Phi) is 2.60. The molecule has 0 aliphatic carbocycles. The molecule has 5 nitrogen and oxygen atoms in total. The number of hydrogen-bond donors (Lipinski definition) is 1. The predicted octanol–water partition coefficient (Wildman–Crippen LogP) is 0.836. The van der Waals surface area contributed by atoms with Gasteiger partial charge in [0, 0.05) is 18.7 Å². The Morgan fingerprint density at radius 2 is 2.53 bits per heavy atom. The van der Waals surface area contributed by atoms with Gasteiger partial charge in [-0.05, 0) is 31.5 Å². The molecule has 0 radical (unpaired) electrons. The smallest absolute Gasteiger partial charge is 0.166 e. The maximum absolute atomic E-state index is 10.9. The predicted molar refractivity (Wildman–Crippen MR) is 63.1 cm³/mol. The summed E-state index contributed by atoms with van der Waals surface area (Å²) in [6.45, 7) is 1.08. The SMILES string of the molecule is O=Cc1cccn2nc(CC3CCCN3)nc12. The third-order valence-electron chi connectivity index (χ3n) is 3.15. The van der Waals surface area contributed by atoms with Crippen LogP contribution in [0.3, 0.4) is 0 Å². The van der Waals surface area contributed by atoms with Crippen LogP contribution in [-0.4, -0.2) is 33.5 Å². The fourth-order valence-corrected chi connectivity index (χ4v) is 2.30. The molecule has 1 aliphatic rings. The fourth-order valence-electron chi connectivity index (χ4n) is 2.30. The van der Waals surface area contributed by atoms with Gasteiger partial charge in [-0.15, -0.1) is 0 Å². The fraction of sp³-hybridized carbons (Fsp3) is 0.417. The largest absolute Gasteiger partial charge is 0.314 e. The van der Waals surface area contributed by atoms with E-state index in [4.69, 9.17) is 0 Å². The van der Waals surface area contributed by atoms with Crippen LogP contribution in [-0.2, 0) is 6.42 Å². The highest BCUT2D eigenvalue weighted by Gasteiger charge is 2.17. The van der Waals surface area contributed by atoms with Gasteiger partial charge in [0.2, 0.25) is 0 Å². The number of carbonyl (C=O) groups is 1. The average Bonchev–Trinajstić information content (AvgIpc) is 2.97. The van der Waals surface area contributed by atoms with Crippen molar-refractivity contribution in [3.05, 3.63) is 29.7 Å². The van der Waals surface area contributed by atoms with Crippen molar-refractivity contribution in [2.24, 2.45) is 0 Å². The normalized spacial score (nSPS) is 19.9. The van der Waals surface area contributed by atoms with Crippen molar-refractivity contribution in [3.63, 3.8) is 0 Å². The van der Waals surface area contributed by atoms with Gasteiger partial charge in [-0.25, -0.2) is 9.50 Å². The molecule has 1 unspecified atom stereocenters. The summed E-state index contributed by atoms with van der Waals surface area (Å²) in [6, 6.07) is 4.05. The second-order valence-electron chi connectivity index (χ2n) is 4.37. The van der Waals surface area contributed by atoms with E-state index in [-0.39, 0.29) is 0 Å². The van der Waals surface area contributed by atoms with Gasteiger partial charge in [-0.3, -0.25) is 4.79 Å². The molecule has 88 valence electrons. The molecule has 1 fully saturated rings. The number of aldehydes is 1. The molecular weight excluding hydrogens is 216 g/mol. The van der Waals surface area contributed by atoms with Crippen molar-refractivity contribution < 1.29 is 4.79 Å². The quantitative estimate of drug-likeness (QED) is 0.794. The van der Waals surface area contributed by atoms with E-state index in [1.54, 1.807) is 10.6 Å². The first-order chi connectivity index (χ1) is 8.36. The second-order valence-corrected chi connectivity index (χ2v) is 4.37. The number of rotatable bonds is 3. The zero-order chi connectivity index (χ0) is 11.7. The van der Waals surface area contributed by atoms with E-state index >= 15 is 0 Å². The maximum atomic E-state index is 10.9. The molecular formula is C12H14N4O. The molecule has 0 spiro atoms. The number of nitrogens with zero attached hydrogens (tertiary/aromatic N) is 3. The minimum absolute atomic E-state index is 0.479. The van der Waals surface area contributed by atoms with Gasteiger partial charge in [0.1, 0.15) is 0 Å². The third-order valence-corrected chi connectivity index (χ3v) is 3.15. The molecule has 0 aromatic carbocycles. The summed E-state index contributed by atoms with van der Waals surface area (Å²) in [5.74, 6) is 0.804. The van der Waals surface area contributed by atoms with Gasteiger partial charge in [-0.2, -0.15) is 5.10 Å². The Hall–Kier alpha value is -1.75. The lowest BCUT2D eigenvalue weighted by atomic mass is 10.1. The van der Waals surface area contributed by atoms with Crippen LogP contribution in [0.2, 0.25) is 0 Å². The van der Waals surface area contributed by atoms with Crippen LogP contribution < -0.4 is 5.32 Å². The van der Waals surface area contributed by atoms with Crippen LogP contribution in [0.1, 0.15) is 29.0 Å². The van der Waals surface area contributed by atoms with Gasteiger partial charge >= 0.3 is 0 Å². The highest BCUT2D eigenvalue weighted by molar-refractivity contribution is 5.83. The summed E-state index contributed by atoms with van der Waals surface area (Å²) < 4.78 is 1.67. The average molecular weight is 230 g/mol. The summed E-state index contributed by atoms with van der Waals surface area (Å²) >= 11 is 0. The molecule has 0 amide bonds. The first-order valence-electron chi connectivity index (χ1n) is 5.89. The molecule has 3 heterocycles. The van der Waals surface area contributed by atoms with Crippen LogP contribution in [0.5, 0.6) is 0 Å². The van der Waals surface area contributed by atoms with Crippen LogP contribution in [0.15, 0.2) is 18.3 Å². The summed E-state index contributed by atoms with van der Waals surface area (Å²) in [4.78, 5) is 15.3. The maximum Gasteiger partial charge on any atom is 0.166 e. The van der Waals surface area contributed by atoms with Crippen LogP contribution in [0, 0.1) is 0 Å². The van der Waals surface area contributed by atoms with Crippen LogP contribution >= 0.6 is 0 Å². The zero-order valence-electron chi connectivity index (χ0n) is 9.47. The Balaban J connectivity index is 1.92. The molecule has 1 aliphatic heterocycles. The molecule has 17 heavy (non-hydrogen) atoms. The van der Waals surface area contributed by atoms with Crippen LogP contribution in [0.25, 0.3) is 5.65 Å². The van der Waals surface area contributed by atoms with E-state index in [2.05, 4.69) is 15.4 Å². The molecule has 3 rings (SSSR count). The number of fused-ring (bicyclic) bond motifs is 1. The summed E-state index contributed by atoms with van der Waals surface area (Å²) in [6.07, 6.45) is 5.87. The molecule has 1 atom stereocenters. The lowest BCUT2D eigenvalue weighted by Crippen LogP contribution is -2.24. The van der Waals surface area contributed by atoms with Crippen molar-refractivity contribution in [2.45, 2.75) is 25.3 Å². The Bertz CT molecular complexity index is 542. The number of hydrogen-bond acceptors (Lipinski definition) is 4. The number of nitrogens with one attached hydrogen (secondary N) is 1. The summed E-state index contributed by atoms with van der Waals surface area (Å²) in [5.41, 5.74) is 1.24. The van der Waals surface area contributed by atoms with Crippen LogP contribution in [0.4, 0.5) is 0 Å². The van der Waals surface area contributed by atoms with Crippen molar-refractivity contribution in [1.82, 2.24) is 19.9 Å². The standard InChI is InChI=1S/C12H14N4O/c17-8-9-3-2-6-16-12(9)14-11(15-16)7-10-4-1-5-13-10/h2-3,6,8,10,13H,1,4-5,7H2. The molecule has 2 aromatic rings. The summed E-state index contributed by atoms with van der Waals surface area (Å²) in [7, 11) is 0. The van der Waals surface area contributed by atoms with Gasteiger partial charge in [0.15, 0.2) is 17.8 Å². The topological polar surface area (TPSA) is 59.3 Å². The second kappa shape index (κ2) is 4.25. The van der Waals surface area contributed by atoms with Crippen molar-refractivity contribution >= 4 is 11.9 Å². The third kappa shape index (κ3) is 1.93. The number of carbonyl (C=O) groups excluding carboxylic acids is 1. The first kappa shape index (κ1) is 10.4. The Morgan fingerprint density at radius 3 is 3.29 bits per heavy atom.